The van der Waals surface area contributed by atoms with Gasteiger partial charge in [-0.2, -0.15) is 5.10 Å². The van der Waals surface area contributed by atoms with Crippen LogP contribution in [0.15, 0.2) is 12.4 Å². The van der Waals surface area contributed by atoms with Gasteiger partial charge in [0.2, 0.25) is 0 Å². The summed E-state index contributed by atoms with van der Waals surface area (Å²) in [6.45, 7) is 2.74. The molecule has 0 radical (unpaired) electrons. The highest BCUT2D eigenvalue weighted by Crippen LogP contribution is 2.02. The van der Waals surface area contributed by atoms with Gasteiger partial charge in [0, 0.05) is 19.8 Å². The van der Waals surface area contributed by atoms with Gasteiger partial charge in [0.15, 0.2) is 0 Å². The number of aromatic nitrogens is 2. The van der Waals surface area contributed by atoms with Crippen molar-refractivity contribution in [3.63, 3.8) is 0 Å². The summed E-state index contributed by atoms with van der Waals surface area (Å²) in [5, 5.41) is 16.2. The zero-order valence-corrected chi connectivity index (χ0v) is 10.5. The highest BCUT2D eigenvalue weighted by Gasteiger charge is 2.15. The number of unbranched alkanes of at least 4 members (excludes halogenated alkanes) is 1. The van der Waals surface area contributed by atoms with E-state index >= 15 is 0 Å². The first-order valence-corrected chi connectivity index (χ1v) is 6.07. The standard InChI is InChI=1S/C12H21N3O2/c1-3-4-5-11(12(16)17)13-7-6-10-8-14-15(2)9-10/h8-9,11,13H,3-7H2,1-2H3,(H,16,17). The second kappa shape index (κ2) is 7.06. The fourth-order valence-corrected chi connectivity index (χ4v) is 1.71. The molecule has 17 heavy (non-hydrogen) atoms. The number of carboxylic acid groups (broad SMARTS) is 1. The van der Waals surface area contributed by atoms with E-state index in [9.17, 15) is 4.79 Å². The molecule has 96 valence electrons. The largest absolute Gasteiger partial charge is 0.480 e. The fraction of sp³-hybridized carbons (Fsp3) is 0.667. The van der Waals surface area contributed by atoms with Gasteiger partial charge >= 0.3 is 5.97 Å². The molecule has 5 heteroatoms. The van der Waals surface area contributed by atoms with Gasteiger partial charge in [-0.3, -0.25) is 9.48 Å². The molecular weight excluding hydrogens is 218 g/mol. The lowest BCUT2D eigenvalue weighted by atomic mass is 10.1. The molecule has 0 aliphatic heterocycles. The smallest absolute Gasteiger partial charge is 0.320 e. The van der Waals surface area contributed by atoms with E-state index in [0.717, 1.165) is 24.8 Å². The normalized spacial score (nSPS) is 12.6. The van der Waals surface area contributed by atoms with Crippen LogP contribution in [-0.4, -0.2) is 33.4 Å². The number of hydrogen-bond acceptors (Lipinski definition) is 3. The lowest BCUT2D eigenvalue weighted by Crippen LogP contribution is -2.37. The molecule has 1 heterocycles. The third kappa shape index (κ3) is 4.99. The summed E-state index contributed by atoms with van der Waals surface area (Å²) < 4.78 is 1.75. The number of nitrogens with zero attached hydrogens (tertiary/aromatic N) is 2. The first kappa shape index (κ1) is 13.7. The maximum Gasteiger partial charge on any atom is 0.320 e. The highest BCUT2D eigenvalue weighted by atomic mass is 16.4. The van der Waals surface area contributed by atoms with Crippen molar-refractivity contribution in [1.29, 1.82) is 0 Å². The third-order valence-corrected chi connectivity index (χ3v) is 2.71. The van der Waals surface area contributed by atoms with Crippen molar-refractivity contribution in [2.75, 3.05) is 6.54 Å². The maximum atomic E-state index is 11.0. The van der Waals surface area contributed by atoms with Gasteiger partial charge in [-0.25, -0.2) is 0 Å². The van der Waals surface area contributed by atoms with Gasteiger partial charge in [-0.05, 0) is 18.4 Å². The Hall–Kier alpha value is -1.36. The van der Waals surface area contributed by atoms with Crippen molar-refractivity contribution < 1.29 is 9.90 Å². The molecule has 0 saturated carbocycles. The number of aliphatic carboxylic acids is 1. The molecule has 0 spiro atoms. The minimum Gasteiger partial charge on any atom is -0.480 e. The first-order valence-electron chi connectivity index (χ1n) is 6.07. The minimum absolute atomic E-state index is 0.424. The quantitative estimate of drug-likeness (QED) is 0.715. The number of hydrogen-bond donors (Lipinski definition) is 2. The molecule has 0 aromatic carbocycles. The number of carbonyl (C=O) groups is 1. The van der Waals surface area contributed by atoms with Crippen LogP contribution in [0.4, 0.5) is 0 Å². The zero-order chi connectivity index (χ0) is 12.7. The van der Waals surface area contributed by atoms with Crippen LogP contribution in [0.2, 0.25) is 0 Å². The average Bonchev–Trinajstić information content (AvgIpc) is 2.68. The van der Waals surface area contributed by atoms with Gasteiger partial charge in [0.25, 0.3) is 0 Å². The Morgan fingerprint density at radius 1 is 1.65 bits per heavy atom. The summed E-state index contributed by atoms with van der Waals surface area (Å²) in [6.07, 6.45) is 7.22. The van der Waals surface area contributed by atoms with Gasteiger partial charge in [0.05, 0.1) is 6.20 Å². The molecule has 2 N–H and O–H groups in total. The van der Waals surface area contributed by atoms with Crippen LogP contribution < -0.4 is 5.32 Å². The summed E-state index contributed by atoms with van der Waals surface area (Å²) in [5.74, 6) is -0.760. The lowest BCUT2D eigenvalue weighted by Gasteiger charge is -2.13. The molecule has 0 amide bonds. The Bertz CT molecular complexity index is 349. The number of rotatable bonds is 8. The number of aryl methyl sites for hydroxylation is 1. The van der Waals surface area contributed by atoms with Crippen LogP contribution >= 0.6 is 0 Å². The number of carboxylic acids is 1. The summed E-state index contributed by atoms with van der Waals surface area (Å²) in [5.41, 5.74) is 1.12. The Morgan fingerprint density at radius 3 is 2.94 bits per heavy atom. The van der Waals surface area contributed by atoms with Crippen LogP contribution in [0.3, 0.4) is 0 Å². The molecule has 1 aromatic heterocycles. The summed E-state index contributed by atoms with van der Waals surface area (Å²) in [7, 11) is 1.87. The molecular formula is C12H21N3O2. The molecule has 0 aliphatic rings. The summed E-state index contributed by atoms with van der Waals surface area (Å²) in [6, 6.07) is -0.424. The van der Waals surface area contributed by atoms with Crippen LogP contribution in [0.1, 0.15) is 31.7 Å². The predicted octanol–water partition coefficient (Wildman–Crippen LogP) is 1.20. The summed E-state index contributed by atoms with van der Waals surface area (Å²) >= 11 is 0. The SMILES string of the molecule is CCCCC(NCCc1cnn(C)c1)C(=O)O. The zero-order valence-electron chi connectivity index (χ0n) is 10.5. The molecule has 1 aromatic rings. The van der Waals surface area contributed by atoms with E-state index in [4.69, 9.17) is 5.11 Å². The van der Waals surface area contributed by atoms with E-state index in [1.807, 2.05) is 19.4 Å². The van der Waals surface area contributed by atoms with Crippen LogP contribution in [0.5, 0.6) is 0 Å². The molecule has 0 bridgehead atoms. The third-order valence-electron chi connectivity index (χ3n) is 2.71. The van der Waals surface area contributed by atoms with E-state index < -0.39 is 12.0 Å². The minimum atomic E-state index is -0.760. The van der Waals surface area contributed by atoms with E-state index in [-0.39, 0.29) is 0 Å². The van der Waals surface area contributed by atoms with Crippen molar-refractivity contribution in [2.24, 2.45) is 7.05 Å². The lowest BCUT2D eigenvalue weighted by molar-refractivity contribution is -0.139. The van der Waals surface area contributed by atoms with Gasteiger partial charge in [-0.15, -0.1) is 0 Å². The second-order valence-corrected chi connectivity index (χ2v) is 4.26. The van der Waals surface area contributed by atoms with E-state index in [2.05, 4.69) is 17.3 Å². The van der Waals surface area contributed by atoms with Gasteiger partial charge in [0.1, 0.15) is 6.04 Å². The Labute approximate surface area is 102 Å². The van der Waals surface area contributed by atoms with E-state index in [1.165, 1.54) is 0 Å². The molecule has 0 fully saturated rings. The van der Waals surface area contributed by atoms with Crippen molar-refractivity contribution in [2.45, 2.75) is 38.6 Å². The highest BCUT2D eigenvalue weighted by molar-refractivity contribution is 5.73. The van der Waals surface area contributed by atoms with E-state index in [1.54, 1.807) is 4.68 Å². The molecule has 0 aliphatic carbocycles. The Kier molecular flexibility index (Phi) is 5.69. The van der Waals surface area contributed by atoms with Crippen LogP contribution in [0.25, 0.3) is 0 Å². The topological polar surface area (TPSA) is 67.2 Å². The predicted molar refractivity (Wildman–Crippen MR) is 65.9 cm³/mol. The Morgan fingerprint density at radius 2 is 2.41 bits per heavy atom. The van der Waals surface area contributed by atoms with Crippen molar-refractivity contribution >= 4 is 5.97 Å². The van der Waals surface area contributed by atoms with Crippen molar-refractivity contribution in [3.05, 3.63) is 18.0 Å². The van der Waals surface area contributed by atoms with Crippen molar-refractivity contribution in [1.82, 2.24) is 15.1 Å². The average molecular weight is 239 g/mol. The van der Waals surface area contributed by atoms with Crippen LogP contribution in [0, 0.1) is 0 Å². The maximum absolute atomic E-state index is 11.0. The monoisotopic (exact) mass is 239 g/mol. The molecule has 1 unspecified atom stereocenters. The van der Waals surface area contributed by atoms with Gasteiger partial charge in [-0.1, -0.05) is 19.8 Å². The first-order chi connectivity index (χ1) is 8.13. The second-order valence-electron chi connectivity index (χ2n) is 4.26. The summed E-state index contributed by atoms with van der Waals surface area (Å²) in [4.78, 5) is 11.0. The molecule has 1 rings (SSSR count). The van der Waals surface area contributed by atoms with Crippen LogP contribution in [-0.2, 0) is 18.3 Å². The Balaban J connectivity index is 2.29. The molecule has 1 atom stereocenters. The van der Waals surface area contributed by atoms with E-state index in [0.29, 0.717) is 13.0 Å². The fourth-order valence-electron chi connectivity index (χ4n) is 1.71. The van der Waals surface area contributed by atoms with Gasteiger partial charge < -0.3 is 10.4 Å². The molecule has 5 nitrogen and oxygen atoms in total. The molecule has 0 saturated heterocycles. The van der Waals surface area contributed by atoms with Crippen molar-refractivity contribution in [3.8, 4) is 0 Å². The number of nitrogens with one attached hydrogen (secondary N) is 1.